The third-order valence-electron chi connectivity index (χ3n) is 3.67. The van der Waals surface area contributed by atoms with Crippen molar-refractivity contribution >= 4 is 11.9 Å². The molecule has 2 aromatic carbocycles. The number of hydrogen-bond acceptors (Lipinski definition) is 6. The van der Waals surface area contributed by atoms with E-state index in [1.807, 2.05) is 0 Å². The topological polar surface area (TPSA) is 94.3 Å². The lowest BCUT2D eigenvalue weighted by atomic mass is 10.2. The highest BCUT2D eigenvalue weighted by Gasteiger charge is 2.19. The Bertz CT molecular complexity index is 989. The highest BCUT2D eigenvalue weighted by molar-refractivity contribution is 5.95. The first kappa shape index (κ1) is 19.2. The number of amides is 1. The first-order valence-electron chi connectivity index (χ1n) is 8.25. The second kappa shape index (κ2) is 8.38. The second-order valence-electron chi connectivity index (χ2n) is 5.78. The maximum absolute atomic E-state index is 13.1. The molecular formula is C19H15F2N3O4. The Balaban J connectivity index is 1.54. The molecule has 1 heterocycles. The number of carbonyl (C=O) groups is 2. The summed E-state index contributed by atoms with van der Waals surface area (Å²) in [5, 5.41) is 9.97. The molecule has 0 aliphatic carbocycles. The Labute approximate surface area is 158 Å². The van der Waals surface area contributed by atoms with Crippen molar-refractivity contribution in [2.24, 2.45) is 0 Å². The van der Waals surface area contributed by atoms with Gasteiger partial charge in [-0.25, -0.2) is 8.78 Å². The number of nitrogens with one attached hydrogen (secondary N) is 1. The number of ether oxygens (including phenoxy) is 1. The van der Waals surface area contributed by atoms with Crippen LogP contribution in [0.1, 0.15) is 29.3 Å². The molecule has 7 nitrogen and oxygen atoms in total. The largest absolute Gasteiger partial charge is 0.451 e. The Morgan fingerprint density at radius 1 is 1.11 bits per heavy atom. The molecule has 0 fully saturated rings. The van der Waals surface area contributed by atoms with Crippen LogP contribution in [-0.4, -0.2) is 28.6 Å². The summed E-state index contributed by atoms with van der Waals surface area (Å²) in [6.07, 6.45) is -0.861. The molecule has 0 unspecified atom stereocenters. The lowest BCUT2D eigenvalue weighted by Gasteiger charge is -2.10. The summed E-state index contributed by atoms with van der Waals surface area (Å²) in [5.74, 6) is -2.11. The quantitative estimate of drug-likeness (QED) is 0.654. The van der Waals surface area contributed by atoms with Gasteiger partial charge in [0.1, 0.15) is 18.2 Å². The van der Waals surface area contributed by atoms with Crippen LogP contribution in [0.4, 0.5) is 8.78 Å². The van der Waals surface area contributed by atoms with E-state index in [1.165, 1.54) is 49.4 Å². The zero-order valence-corrected chi connectivity index (χ0v) is 14.7. The van der Waals surface area contributed by atoms with Crippen molar-refractivity contribution < 1.29 is 27.5 Å². The van der Waals surface area contributed by atoms with Crippen LogP contribution >= 0.6 is 0 Å². The van der Waals surface area contributed by atoms with Crippen molar-refractivity contribution in [3.8, 4) is 11.5 Å². The first-order valence-corrected chi connectivity index (χ1v) is 8.25. The molecule has 0 spiro atoms. The number of carbonyl (C=O) groups excluding carboxylic acids is 2. The molecule has 1 amide bonds. The molecule has 0 radical (unpaired) electrons. The second-order valence-corrected chi connectivity index (χ2v) is 5.78. The van der Waals surface area contributed by atoms with E-state index < -0.39 is 36.2 Å². The van der Waals surface area contributed by atoms with E-state index in [0.29, 0.717) is 5.56 Å². The zero-order chi connectivity index (χ0) is 20.1. The van der Waals surface area contributed by atoms with Gasteiger partial charge in [-0.1, -0.05) is 6.07 Å². The maximum atomic E-state index is 13.1. The van der Waals surface area contributed by atoms with Crippen molar-refractivity contribution in [2.45, 2.75) is 13.0 Å². The zero-order valence-electron chi connectivity index (χ0n) is 14.7. The highest BCUT2D eigenvalue weighted by Crippen LogP contribution is 2.22. The summed E-state index contributed by atoms with van der Waals surface area (Å²) in [6, 6.07) is 10.5. The Hall–Kier alpha value is -3.62. The predicted molar refractivity (Wildman–Crippen MR) is 92.9 cm³/mol. The average Bonchev–Trinajstić information content (AvgIpc) is 3.17. The van der Waals surface area contributed by atoms with E-state index in [4.69, 9.17) is 9.15 Å². The lowest BCUT2D eigenvalue weighted by molar-refractivity contribution is -0.148. The number of halogens is 2. The van der Waals surface area contributed by atoms with Crippen LogP contribution in [-0.2, 0) is 9.53 Å². The monoisotopic (exact) mass is 387 g/mol. The summed E-state index contributed by atoms with van der Waals surface area (Å²) < 4.78 is 36.6. The van der Waals surface area contributed by atoms with Gasteiger partial charge in [0.15, 0.2) is 6.10 Å². The fourth-order valence-corrected chi connectivity index (χ4v) is 2.28. The van der Waals surface area contributed by atoms with Gasteiger partial charge in [0.2, 0.25) is 5.89 Å². The van der Waals surface area contributed by atoms with Gasteiger partial charge in [-0.05, 0) is 49.4 Å². The number of hydrogen-bond donors (Lipinski definition) is 1. The molecule has 1 aromatic heterocycles. The van der Waals surface area contributed by atoms with Crippen LogP contribution in [0, 0.1) is 11.6 Å². The fraction of sp³-hybridized carbons (Fsp3) is 0.158. The summed E-state index contributed by atoms with van der Waals surface area (Å²) in [6.45, 7) is 1.10. The van der Waals surface area contributed by atoms with Gasteiger partial charge in [-0.15, -0.1) is 10.2 Å². The molecule has 1 atom stereocenters. The molecule has 9 heteroatoms. The minimum atomic E-state index is -0.861. The molecule has 1 N–H and O–H groups in total. The number of esters is 1. The van der Waals surface area contributed by atoms with Gasteiger partial charge in [0.05, 0.1) is 0 Å². The van der Waals surface area contributed by atoms with E-state index in [2.05, 4.69) is 15.5 Å². The fourth-order valence-electron chi connectivity index (χ4n) is 2.28. The Morgan fingerprint density at radius 3 is 2.57 bits per heavy atom. The van der Waals surface area contributed by atoms with Gasteiger partial charge >= 0.3 is 5.97 Å². The number of aromatic nitrogens is 2. The molecule has 0 saturated heterocycles. The van der Waals surface area contributed by atoms with Gasteiger partial charge < -0.3 is 14.5 Å². The van der Waals surface area contributed by atoms with Gasteiger partial charge in [0, 0.05) is 11.1 Å². The molecule has 0 aliphatic heterocycles. The van der Waals surface area contributed by atoms with Crippen molar-refractivity contribution in [3.63, 3.8) is 0 Å². The van der Waals surface area contributed by atoms with Gasteiger partial charge in [0.25, 0.3) is 11.8 Å². The summed E-state index contributed by atoms with van der Waals surface area (Å²) in [4.78, 5) is 23.8. The first-order chi connectivity index (χ1) is 13.4. The van der Waals surface area contributed by atoms with Gasteiger partial charge in [-0.3, -0.25) is 9.59 Å². The number of nitrogens with zero attached hydrogens (tertiary/aromatic N) is 2. The Morgan fingerprint density at radius 2 is 1.86 bits per heavy atom. The number of benzene rings is 2. The molecule has 144 valence electrons. The summed E-state index contributed by atoms with van der Waals surface area (Å²) in [5.41, 5.74) is 0.600. The average molecular weight is 387 g/mol. The van der Waals surface area contributed by atoms with Crippen molar-refractivity contribution in [2.75, 3.05) is 6.54 Å². The van der Waals surface area contributed by atoms with E-state index in [1.54, 1.807) is 0 Å². The van der Waals surface area contributed by atoms with Gasteiger partial charge in [-0.2, -0.15) is 0 Å². The number of rotatable bonds is 6. The summed E-state index contributed by atoms with van der Waals surface area (Å²) in [7, 11) is 0. The highest BCUT2D eigenvalue weighted by atomic mass is 19.1. The Kier molecular flexibility index (Phi) is 5.73. The lowest BCUT2D eigenvalue weighted by Crippen LogP contribution is -2.31. The van der Waals surface area contributed by atoms with Crippen LogP contribution in [0.3, 0.4) is 0 Å². The van der Waals surface area contributed by atoms with Crippen molar-refractivity contribution in [1.29, 1.82) is 0 Å². The molecular weight excluding hydrogens is 372 g/mol. The molecule has 3 aromatic rings. The normalized spacial score (nSPS) is 11.7. The molecule has 0 aliphatic rings. The minimum absolute atomic E-state index is 0.0455. The van der Waals surface area contributed by atoms with Crippen molar-refractivity contribution in [3.05, 3.63) is 71.6 Å². The van der Waals surface area contributed by atoms with E-state index in [0.717, 1.165) is 6.07 Å². The van der Waals surface area contributed by atoms with Crippen LogP contribution in [0.25, 0.3) is 11.5 Å². The summed E-state index contributed by atoms with van der Waals surface area (Å²) >= 11 is 0. The molecule has 0 bridgehead atoms. The van der Waals surface area contributed by atoms with Crippen LogP contribution in [0.2, 0.25) is 0 Å². The van der Waals surface area contributed by atoms with Crippen LogP contribution < -0.4 is 5.32 Å². The third-order valence-corrected chi connectivity index (χ3v) is 3.67. The minimum Gasteiger partial charge on any atom is -0.451 e. The third kappa shape index (κ3) is 4.76. The van der Waals surface area contributed by atoms with Crippen LogP contribution in [0.15, 0.2) is 52.9 Å². The van der Waals surface area contributed by atoms with Crippen LogP contribution in [0.5, 0.6) is 0 Å². The molecule has 28 heavy (non-hydrogen) atoms. The standard InChI is InChI=1S/C19H15F2N3O4/c1-11(18-23-24-19(28-18)12-5-7-14(20)8-6-12)27-16(25)10-22-17(26)13-3-2-4-15(21)9-13/h2-9,11H,10H2,1H3,(H,22,26)/t11-/m0/s1. The van der Waals surface area contributed by atoms with E-state index >= 15 is 0 Å². The van der Waals surface area contributed by atoms with Crippen molar-refractivity contribution in [1.82, 2.24) is 15.5 Å². The SMILES string of the molecule is C[C@H](OC(=O)CNC(=O)c1cccc(F)c1)c1nnc(-c2ccc(F)cc2)o1. The van der Waals surface area contributed by atoms with E-state index in [9.17, 15) is 18.4 Å². The van der Waals surface area contributed by atoms with E-state index in [-0.39, 0.29) is 17.3 Å². The predicted octanol–water partition coefficient (Wildman–Crippen LogP) is 3.05. The smallest absolute Gasteiger partial charge is 0.326 e. The maximum Gasteiger partial charge on any atom is 0.326 e. The molecule has 0 saturated carbocycles. The molecule has 3 rings (SSSR count).